The van der Waals surface area contributed by atoms with Crippen molar-refractivity contribution in [2.24, 2.45) is 0 Å². The summed E-state index contributed by atoms with van der Waals surface area (Å²) in [5.74, 6) is -0.536. The van der Waals surface area contributed by atoms with Crippen LogP contribution in [0.15, 0.2) is 49.3 Å². The minimum absolute atomic E-state index is 0.171. The Morgan fingerprint density at radius 3 is 2.04 bits per heavy atom. The molecule has 140 valence electrons. The zero-order valence-corrected chi connectivity index (χ0v) is 13.1. The fraction of sp³-hybridized carbons (Fsp3) is 0.133. The molecule has 0 aliphatic heterocycles. The average molecular weight is 386 g/mol. The van der Waals surface area contributed by atoms with Gasteiger partial charge in [0.25, 0.3) is 0 Å². The van der Waals surface area contributed by atoms with Crippen LogP contribution >= 0.6 is 0 Å². The van der Waals surface area contributed by atoms with Crippen LogP contribution in [0.1, 0.15) is 11.3 Å². The normalized spacial score (nSPS) is 12.1. The first kappa shape index (κ1) is 18.5. The van der Waals surface area contributed by atoms with Crippen LogP contribution in [0.4, 0.5) is 43.8 Å². The number of aromatic nitrogens is 5. The minimum Gasteiger partial charge on any atom is -0.263 e. The Hall–Kier alpha value is -3.31. The molecule has 12 heteroatoms. The first-order valence-electron chi connectivity index (χ1n) is 7.15. The van der Waals surface area contributed by atoms with Crippen molar-refractivity contribution in [1.82, 2.24) is 24.9 Å². The van der Waals surface area contributed by atoms with Gasteiger partial charge >= 0.3 is 12.4 Å². The second-order valence-electron chi connectivity index (χ2n) is 5.07. The van der Waals surface area contributed by atoms with Crippen molar-refractivity contribution in [2.75, 3.05) is 4.90 Å². The first-order valence-corrected chi connectivity index (χ1v) is 7.15. The van der Waals surface area contributed by atoms with Crippen molar-refractivity contribution in [2.45, 2.75) is 12.4 Å². The zero-order valence-electron chi connectivity index (χ0n) is 13.1. The van der Waals surface area contributed by atoms with Gasteiger partial charge in [-0.3, -0.25) is 9.88 Å². The number of rotatable bonds is 3. The lowest BCUT2D eigenvalue weighted by molar-refractivity contribution is -0.141. The van der Waals surface area contributed by atoms with Gasteiger partial charge in [0.05, 0.1) is 11.3 Å². The van der Waals surface area contributed by atoms with Crippen molar-refractivity contribution in [3.8, 4) is 0 Å². The molecule has 0 aliphatic carbocycles. The van der Waals surface area contributed by atoms with E-state index in [0.29, 0.717) is 12.1 Å². The highest BCUT2D eigenvalue weighted by Crippen LogP contribution is 2.37. The van der Waals surface area contributed by atoms with Gasteiger partial charge in [-0.05, 0) is 24.3 Å². The number of nitrogens with zero attached hydrogens (tertiary/aromatic N) is 6. The maximum absolute atomic E-state index is 13.0. The molecule has 0 saturated carbocycles. The maximum Gasteiger partial charge on any atom is 0.433 e. The van der Waals surface area contributed by atoms with Crippen LogP contribution < -0.4 is 4.90 Å². The smallest absolute Gasteiger partial charge is 0.263 e. The molecule has 27 heavy (non-hydrogen) atoms. The van der Waals surface area contributed by atoms with Gasteiger partial charge in [-0.15, -0.1) is 0 Å². The summed E-state index contributed by atoms with van der Waals surface area (Å²) in [6.45, 7) is 0. The third-order valence-corrected chi connectivity index (χ3v) is 3.27. The third kappa shape index (κ3) is 4.10. The Morgan fingerprint density at radius 1 is 0.741 bits per heavy atom. The van der Waals surface area contributed by atoms with Crippen molar-refractivity contribution in [3.05, 3.63) is 60.6 Å². The number of pyridine rings is 2. The highest BCUT2D eigenvalue weighted by molar-refractivity contribution is 5.70. The molecular formula is C15H8F6N6. The Balaban J connectivity index is 2.17. The second-order valence-corrected chi connectivity index (χ2v) is 5.07. The predicted octanol–water partition coefficient (Wildman–Crippen LogP) is 4.17. The molecule has 0 aromatic carbocycles. The van der Waals surface area contributed by atoms with Gasteiger partial charge in [-0.2, -0.15) is 26.3 Å². The van der Waals surface area contributed by atoms with Gasteiger partial charge in [-0.25, -0.2) is 19.9 Å². The fourth-order valence-electron chi connectivity index (χ4n) is 2.13. The molecule has 0 radical (unpaired) electrons. The van der Waals surface area contributed by atoms with Crippen LogP contribution in [-0.2, 0) is 12.4 Å². The number of alkyl halides is 6. The van der Waals surface area contributed by atoms with Crippen molar-refractivity contribution < 1.29 is 26.3 Å². The van der Waals surface area contributed by atoms with Crippen LogP contribution in [-0.4, -0.2) is 24.9 Å². The summed E-state index contributed by atoms with van der Waals surface area (Å²) in [4.78, 5) is 19.2. The molecule has 3 aromatic heterocycles. The Bertz CT molecular complexity index is 870. The summed E-state index contributed by atoms with van der Waals surface area (Å²) in [6, 6.07) is 3.24. The van der Waals surface area contributed by atoms with E-state index in [2.05, 4.69) is 24.9 Å². The quantitative estimate of drug-likeness (QED) is 0.630. The van der Waals surface area contributed by atoms with Crippen molar-refractivity contribution in [1.29, 1.82) is 0 Å². The van der Waals surface area contributed by atoms with E-state index in [0.717, 1.165) is 36.0 Å². The van der Waals surface area contributed by atoms with E-state index in [9.17, 15) is 26.3 Å². The molecule has 0 bridgehead atoms. The van der Waals surface area contributed by atoms with E-state index in [1.807, 2.05) is 0 Å². The van der Waals surface area contributed by atoms with Gasteiger partial charge in [0.15, 0.2) is 0 Å². The molecule has 3 heterocycles. The van der Waals surface area contributed by atoms with Crippen LogP contribution in [0.5, 0.6) is 0 Å². The van der Waals surface area contributed by atoms with E-state index in [1.54, 1.807) is 0 Å². The summed E-state index contributed by atoms with van der Waals surface area (Å²) in [6.07, 6.45) is -5.55. The molecule has 3 aromatic rings. The molecule has 0 N–H and O–H groups in total. The summed E-state index contributed by atoms with van der Waals surface area (Å²) in [5, 5.41) is 0. The molecule has 0 spiro atoms. The van der Waals surface area contributed by atoms with Crippen LogP contribution in [0.2, 0.25) is 0 Å². The largest absolute Gasteiger partial charge is 0.433 e. The zero-order chi connectivity index (χ0) is 19.7. The second kappa shape index (κ2) is 6.78. The molecule has 0 saturated heterocycles. The molecular weight excluding hydrogens is 378 g/mol. The van der Waals surface area contributed by atoms with Crippen LogP contribution in [0.3, 0.4) is 0 Å². The van der Waals surface area contributed by atoms with Gasteiger partial charge in [0.2, 0.25) is 5.95 Å². The monoisotopic (exact) mass is 386 g/mol. The minimum atomic E-state index is -4.75. The van der Waals surface area contributed by atoms with Gasteiger partial charge in [-0.1, -0.05) is 0 Å². The van der Waals surface area contributed by atoms with Crippen LogP contribution in [0, 0.1) is 0 Å². The Morgan fingerprint density at radius 2 is 1.41 bits per heavy atom. The standard InChI is InChI=1S/C15H8F6N6/c16-14(17,18)9-1-3-24-12(5-9)27(13-25-7-22-8-26-13)10-2-4-23-11(6-10)15(19,20)21/h1-8H. The SMILES string of the molecule is FC(F)(F)c1ccnc(N(c2ccnc(C(F)(F)F)c2)c2ncncn2)c1. The number of anilines is 3. The summed E-state index contributed by atoms with van der Waals surface area (Å²) in [5.41, 5.74) is -2.43. The van der Waals surface area contributed by atoms with Gasteiger partial charge in [0, 0.05) is 12.4 Å². The van der Waals surface area contributed by atoms with Gasteiger partial charge in [0.1, 0.15) is 24.2 Å². The third-order valence-electron chi connectivity index (χ3n) is 3.27. The molecule has 0 fully saturated rings. The molecule has 0 atom stereocenters. The van der Waals surface area contributed by atoms with Gasteiger partial charge < -0.3 is 0 Å². The van der Waals surface area contributed by atoms with E-state index >= 15 is 0 Å². The lowest BCUT2D eigenvalue weighted by atomic mass is 10.2. The highest BCUT2D eigenvalue weighted by Gasteiger charge is 2.34. The number of halogens is 6. The van der Waals surface area contributed by atoms with Crippen molar-refractivity contribution >= 4 is 17.5 Å². The van der Waals surface area contributed by atoms with Crippen LogP contribution in [0.25, 0.3) is 0 Å². The number of hydrogen-bond acceptors (Lipinski definition) is 6. The first-order chi connectivity index (χ1) is 12.7. The van der Waals surface area contributed by atoms with E-state index < -0.39 is 23.6 Å². The Labute approximate surface area is 147 Å². The average Bonchev–Trinajstić information content (AvgIpc) is 2.62. The molecule has 0 amide bonds. The Kier molecular flexibility index (Phi) is 4.64. The molecule has 0 unspecified atom stereocenters. The topological polar surface area (TPSA) is 67.7 Å². The maximum atomic E-state index is 13.0. The summed E-state index contributed by atoms with van der Waals surface area (Å²) >= 11 is 0. The highest BCUT2D eigenvalue weighted by atomic mass is 19.4. The van der Waals surface area contributed by atoms with E-state index in [-0.39, 0.29) is 17.5 Å². The molecule has 6 nitrogen and oxygen atoms in total. The number of hydrogen-bond donors (Lipinski definition) is 0. The lowest BCUT2D eigenvalue weighted by Gasteiger charge is -2.22. The molecule has 3 rings (SSSR count). The lowest BCUT2D eigenvalue weighted by Crippen LogP contribution is -2.17. The van der Waals surface area contributed by atoms with E-state index in [1.165, 1.54) is 6.07 Å². The summed E-state index contributed by atoms with van der Waals surface area (Å²) < 4.78 is 77.9. The summed E-state index contributed by atoms with van der Waals surface area (Å²) in [7, 11) is 0. The fourth-order valence-corrected chi connectivity index (χ4v) is 2.13. The van der Waals surface area contributed by atoms with E-state index in [4.69, 9.17) is 0 Å². The van der Waals surface area contributed by atoms with Crippen molar-refractivity contribution in [3.63, 3.8) is 0 Å². The predicted molar refractivity (Wildman–Crippen MR) is 80.1 cm³/mol. The molecule has 0 aliphatic rings.